The molecule has 0 saturated carbocycles. The van der Waals surface area contributed by atoms with Gasteiger partial charge in [-0.05, 0) is 0 Å². The number of carbonyl (C=O) groups is 2. The number of amides is 2. The number of nitrogens with zero attached hydrogens (tertiary/aromatic N) is 6. The molecule has 0 radical (unpaired) electrons. The summed E-state index contributed by atoms with van der Waals surface area (Å²) in [6.07, 6.45) is 0. The quantitative estimate of drug-likeness (QED) is 0.615. The van der Waals surface area contributed by atoms with E-state index < -0.39 is 23.1 Å². The van der Waals surface area contributed by atoms with Gasteiger partial charge in [0, 0.05) is 27.9 Å². The maximum Gasteiger partial charge on any atom is 0.332 e. The Morgan fingerprint density at radius 3 is 2.10 bits per heavy atom. The summed E-state index contributed by atoms with van der Waals surface area (Å²) in [5.41, 5.74) is -1.44. The van der Waals surface area contributed by atoms with E-state index in [0.717, 1.165) is 23.0 Å². The molecule has 2 rings (SSSR count). The topological polar surface area (TPSA) is 120 Å². The third kappa shape index (κ3) is 2.20. The van der Waals surface area contributed by atoms with E-state index in [0.29, 0.717) is 4.90 Å². The predicted octanol–water partition coefficient (Wildman–Crippen LogP) is -1.68. The number of hydrogen-bond acceptors (Lipinski definition) is 7. The lowest BCUT2D eigenvalue weighted by molar-refractivity contribution is -0.124. The highest BCUT2D eigenvalue weighted by molar-refractivity contribution is 6.11. The van der Waals surface area contributed by atoms with Gasteiger partial charge in [-0.15, -0.1) is 10.2 Å². The third-order valence-electron chi connectivity index (χ3n) is 2.89. The molecule has 0 aliphatic carbocycles. The molecular formula is C11H12N6O4. The smallest absolute Gasteiger partial charge is 0.279 e. The lowest BCUT2D eigenvalue weighted by Gasteiger charge is -2.14. The minimum atomic E-state index is -0.656. The maximum absolute atomic E-state index is 11.9. The van der Waals surface area contributed by atoms with E-state index in [1.54, 1.807) is 0 Å². The van der Waals surface area contributed by atoms with Crippen LogP contribution in [0.25, 0.3) is 11.2 Å². The summed E-state index contributed by atoms with van der Waals surface area (Å²) in [6.45, 7) is 2.33. The molecule has 0 unspecified atom stereocenters. The van der Waals surface area contributed by atoms with Crippen molar-refractivity contribution in [2.75, 3.05) is 4.90 Å². The number of carbonyl (C=O) groups excluding carboxylic acids is 2. The Morgan fingerprint density at radius 1 is 1.00 bits per heavy atom. The molecule has 10 heteroatoms. The van der Waals surface area contributed by atoms with Gasteiger partial charge in [0.1, 0.15) is 0 Å². The van der Waals surface area contributed by atoms with Gasteiger partial charge in [0.05, 0.1) is 0 Å². The molecule has 2 aromatic rings. The minimum absolute atomic E-state index is 0.0550. The van der Waals surface area contributed by atoms with Crippen molar-refractivity contribution >= 4 is 28.9 Å². The van der Waals surface area contributed by atoms with E-state index in [4.69, 9.17) is 0 Å². The van der Waals surface area contributed by atoms with E-state index in [1.165, 1.54) is 14.1 Å². The Bertz CT molecular complexity index is 867. The lowest BCUT2D eigenvalue weighted by atomic mass is 10.5. The second-order valence-corrected chi connectivity index (χ2v) is 4.36. The lowest BCUT2D eigenvalue weighted by Crippen LogP contribution is -2.39. The SMILES string of the molecule is CC(=O)N(C(C)=O)c1nnc2c(=O)n(C)c(=O)n(C)c2n1. The number of aryl methyl sites for hydroxylation is 1. The Balaban J connectivity index is 2.85. The standard InChI is InChI=1S/C11H12N6O4/c1-5(18)17(6(2)19)10-12-8-7(13-14-10)9(20)16(4)11(21)15(8)3/h1-4H3. The van der Waals surface area contributed by atoms with E-state index >= 15 is 0 Å². The fourth-order valence-electron chi connectivity index (χ4n) is 1.84. The summed E-state index contributed by atoms with van der Waals surface area (Å²) in [4.78, 5) is 51.3. The number of fused-ring (bicyclic) bond motifs is 1. The first-order chi connectivity index (χ1) is 9.75. The van der Waals surface area contributed by atoms with Crippen LogP contribution in [0.4, 0.5) is 5.95 Å². The van der Waals surface area contributed by atoms with E-state index in [1.807, 2.05) is 0 Å². The van der Waals surface area contributed by atoms with Crippen molar-refractivity contribution in [3.05, 3.63) is 20.8 Å². The molecule has 0 aliphatic heterocycles. The molecule has 110 valence electrons. The van der Waals surface area contributed by atoms with Gasteiger partial charge < -0.3 is 0 Å². The van der Waals surface area contributed by atoms with Gasteiger partial charge in [0.2, 0.25) is 11.8 Å². The van der Waals surface area contributed by atoms with Crippen molar-refractivity contribution in [2.45, 2.75) is 13.8 Å². The molecule has 0 saturated heterocycles. The zero-order valence-corrected chi connectivity index (χ0v) is 11.8. The van der Waals surface area contributed by atoms with Gasteiger partial charge in [-0.3, -0.25) is 23.5 Å². The molecule has 2 amide bonds. The van der Waals surface area contributed by atoms with Gasteiger partial charge >= 0.3 is 5.69 Å². The first-order valence-corrected chi connectivity index (χ1v) is 5.87. The average Bonchev–Trinajstić information content (AvgIpc) is 2.42. The summed E-state index contributed by atoms with van der Waals surface area (Å²) in [6, 6.07) is 0. The van der Waals surface area contributed by atoms with Crippen LogP contribution < -0.4 is 16.1 Å². The molecule has 0 aliphatic rings. The number of aromatic nitrogens is 5. The molecule has 10 nitrogen and oxygen atoms in total. The summed E-state index contributed by atoms with van der Waals surface area (Å²) in [5.74, 6) is -1.49. The summed E-state index contributed by atoms with van der Waals surface area (Å²) < 4.78 is 1.96. The van der Waals surface area contributed by atoms with Crippen LogP contribution in [0, 0.1) is 0 Å². The Labute approximate surface area is 117 Å². The zero-order chi connectivity index (χ0) is 15.9. The molecule has 0 spiro atoms. The van der Waals surface area contributed by atoms with Crippen molar-refractivity contribution in [1.82, 2.24) is 24.3 Å². The van der Waals surface area contributed by atoms with Crippen LogP contribution in [0.3, 0.4) is 0 Å². The molecule has 0 atom stereocenters. The molecule has 0 fully saturated rings. The summed E-state index contributed by atoms with van der Waals surface area (Å²) >= 11 is 0. The maximum atomic E-state index is 11.9. The molecule has 2 aromatic heterocycles. The fourth-order valence-corrected chi connectivity index (χ4v) is 1.84. The normalized spacial score (nSPS) is 10.7. The Kier molecular flexibility index (Phi) is 3.37. The van der Waals surface area contributed by atoms with E-state index in [-0.39, 0.29) is 17.1 Å². The van der Waals surface area contributed by atoms with Crippen LogP contribution in [-0.2, 0) is 23.7 Å². The summed E-state index contributed by atoms with van der Waals surface area (Å²) in [5, 5.41) is 7.29. The van der Waals surface area contributed by atoms with Gasteiger partial charge in [0.25, 0.3) is 11.5 Å². The van der Waals surface area contributed by atoms with Crippen molar-refractivity contribution in [3.8, 4) is 0 Å². The van der Waals surface area contributed by atoms with Crippen molar-refractivity contribution in [1.29, 1.82) is 0 Å². The van der Waals surface area contributed by atoms with E-state index in [9.17, 15) is 19.2 Å². The van der Waals surface area contributed by atoms with E-state index in [2.05, 4.69) is 15.2 Å². The zero-order valence-electron chi connectivity index (χ0n) is 11.8. The van der Waals surface area contributed by atoms with Gasteiger partial charge in [-0.2, -0.15) is 4.98 Å². The largest absolute Gasteiger partial charge is 0.332 e. The second-order valence-electron chi connectivity index (χ2n) is 4.36. The first-order valence-electron chi connectivity index (χ1n) is 5.87. The highest BCUT2D eigenvalue weighted by Crippen LogP contribution is 2.09. The van der Waals surface area contributed by atoms with Crippen LogP contribution in [0.1, 0.15) is 13.8 Å². The Morgan fingerprint density at radius 2 is 1.57 bits per heavy atom. The van der Waals surface area contributed by atoms with Gasteiger partial charge in [-0.1, -0.05) is 0 Å². The second kappa shape index (κ2) is 4.89. The van der Waals surface area contributed by atoms with Crippen LogP contribution in [0.15, 0.2) is 9.59 Å². The summed E-state index contributed by atoms with van der Waals surface area (Å²) in [7, 11) is 2.70. The minimum Gasteiger partial charge on any atom is -0.279 e. The van der Waals surface area contributed by atoms with Gasteiger partial charge in [0.15, 0.2) is 11.2 Å². The molecule has 0 bridgehead atoms. The van der Waals surface area contributed by atoms with Gasteiger partial charge in [-0.25, -0.2) is 9.69 Å². The van der Waals surface area contributed by atoms with Crippen LogP contribution in [0.2, 0.25) is 0 Å². The highest BCUT2D eigenvalue weighted by atomic mass is 16.2. The van der Waals surface area contributed by atoms with Crippen LogP contribution in [-0.4, -0.2) is 36.1 Å². The van der Waals surface area contributed by atoms with Crippen LogP contribution in [0.5, 0.6) is 0 Å². The highest BCUT2D eigenvalue weighted by Gasteiger charge is 2.22. The monoisotopic (exact) mass is 292 g/mol. The fraction of sp³-hybridized carbons (Fsp3) is 0.364. The number of rotatable bonds is 1. The first kappa shape index (κ1) is 14.5. The number of anilines is 1. The molecule has 0 N–H and O–H groups in total. The van der Waals surface area contributed by atoms with Crippen molar-refractivity contribution < 1.29 is 9.59 Å². The van der Waals surface area contributed by atoms with Crippen molar-refractivity contribution in [3.63, 3.8) is 0 Å². The molecule has 0 aromatic carbocycles. The predicted molar refractivity (Wildman–Crippen MR) is 71.7 cm³/mol. The van der Waals surface area contributed by atoms with Crippen LogP contribution >= 0.6 is 0 Å². The molecule has 2 heterocycles. The molecular weight excluding hydrogens is 280 g/mol. The molecule has 21 heavy (non-hydrogen) atoms. The van der Waals surface area contributed by atoms with Crippen molar-refractivity contribution in [2.24, 2.45) is 14.1 Å². The third-order valence-corrected chi connectivity index (χ3v) is 2.89. The Hall–Kier alpha value is -2.91. The average molecular weight is 292 g/mol. The number of hydrogen-bond donors (Lipinski definition) is 0. The number of imide groups is 1.